The van der Waals surface area contributed by atoms with Crippen molar-refractivity contribution < 1.29 is 24.5 Å². The van der Waals surface area contributed by atoms with Gasteiger partial charge in [0.25, 0.3) is 0 Å². The van der Waals surface area contributed by atoms with Crippen LogP contribution in [0.5, 0.6) is 11.5 Å². The third-order valence-corrected chi connectivity index (χ3v) is 3.35. The molecule has 0 aliphatic carbocycles. The lowest BCUT2D eigenvalue weighted by Crippen LogP contribution is -2.36. The third-order valence-electron chi connectivity index (χ3n) is 3.35. The molecule has 1 aromatic rings. The number of benzene rings is 1. The Balaban J connectivity index is 2.76. The second-order valence-electron chi connectivity index (χ2n) is 4.73. The summed E-state index contributed by atoms with van der Waals surface area (Å²) < 4.78 is 10.4. The lowest BCUT2D eigenvalue weighted by atomic mass is 10.1. The molecule has 7 nitrogen and oxygen atoms in total. The smallest absolute Gasteiger partial charge is 0.223 e. The van der Waals surface area contributed by atoms with Crippen molar-refractivity contribution in [2.24, 2.45) is 0 Å². The number of carbonyl (C=O) groups is 1. The van der Waals surface area contributed by atoms with Gasteiger partial charge >= 0.3 is 0 Å². The number of nitrogens with zero attached hydrogens (tertiary/aromatic N) is 1. The molecule has 0 fully saturated rings. The number of nitrogens with two attached hydrogens (primary N) is 1. The van der Waals surface area contributed by atoms with Gasteiger partial charge in [-0.05, 0) is 18.1 Å². The second kappa shape index (κ2) is 9.11. The van der Waals surface area contributed by atoms with Crippen molar-refractivity contribution in [2.75, 3.05) is 46.3 Å². The van der Waals surface area contributed by atoms with E-state index in [-0.39, 0.29) is 38.6 Å². The largest absolute Gasteiger partial charge is 0.493 e. The van der Waals surface area contributed by atoms with Gasteiger partial charge in [0.05, 0.1) is 27.4 Å². The molecule has 0 saturated carbocycles. The topological polar surface area (TPSA) is 105 Å². The highest BCUT2D eigenvalue weighted by Gasteiger charge is 2.15. The SMILES string of the molecule is COc1cc(N)c(CCC(=O)N(CCO)CCO)cc1OC. The minimum absolute atomic E-state index is 0.135. The number of hydrogen-bond donors (Lipinski definition) is 3. The number of rotatable bonds is 9. The molecule has 124 valence electrons. The fourth-order valence-electron chi connectivity index (χ4n) is 2.16. The summed E-state index contributed by atoms with van der Waals surface area (Å²) in [6.07, 6.45) is 0.679. The van der Waals surface area contributed by atoms with Crippen LogP contribution in [0.1, 0.15) is 12.0 Å². The maximum Gasteiger partial charge on any atom is 0.223 e. The average Bonchev–Trinajstić information content (AvgIpc) is 2.52. The maximum atomic E-state index is 12.1. The molecule has 4 N–H and O–H groups in total. The van der Waals surface area contributed by atoms with Gasteiger partial charge in [-0.2, -0.15) is 0 Å². The summed E-state index contributed by atoms with van der Waals surface area (Å²) in [4.78, 5) is 13.5. The molecule has 0 unspecified atom stereocenters. The zero-order valence-corrected chi connectivity index (χ0v) is 13.0. The molecule has 0 bridgehead atoms. The normalized spacial score (nSPS) is 10.4. The Morgan fingerprint density at radius 2 is 1.68 bits per heavy atom. The van der Waals surface area contributed by atoms with E-state index in [4.69, 9.17) is 25.4 Å². The second-order valence-corrected chi connectivity index (χ2v) is 4.73. The summed E-state index contributed by atoms with van der Waals surface area (Å²) in [6, 6.07) is 3.42. The highest BCUT2D eigenvalue weighted by atomic mass is 16.5. The molecular formula is C15H24N2O5. The van der Waals surface area contributed by atoms with E-state index in [0.717, 1.165) is 5.56 Å². The van der Waals surface area contributed by atoms with Crippen LogP contribution in [0.3, 0.4) is 0 Å². The first kappa shape index (κ1) is 18.1. The van der Waals surface area contributed by atoms with E-state index in [2.05, 4.69) is 0 Å². The standard InChI is InChI=1S/C15H24N2O5/c1-21-13-9-11(12(16)10-14(13)22-2)3-4-15(20)17(5-7-18)6-8-19/h9-10,18-19H,3-8,16H2,1-2H3. The Kier molecular flexibility index (Phi) is 7.48. The number of nitrogen functional groups attached to an aromatic ring is 1. The molecule has 0 heterocycles. The van der Waals surface area contributed by atoms with E-state index in [0.29, 0.717) is 23.6 Å². The van der Waals surface area contributed by atoms with Crippen molar-refractivity contribution in [3.8, 4) is 11.5 Å². The number of aliphatic hydroxyl groups is 2. The van der Waals surface area contributed by atoms with Gasteiger partial charge in [-0.15, -0.1) is 0 Å². The molecule has 1 rings (SSSR count). The third kappa shape index (κ3) is 4.78. The Morgan fingerprint density at radius 3 is 2.18 bits per heavy atom. The molecule has 0 aromatic heterocycles. The highest BCUT2D eigenvalue weighted by Crippen LogP contribution is 2.32. The van der Waals surface area contributed by atoms with Crippen LogP contribution in [0, 0.1) is 0 Å². The minimum Gasteiger partial charge on any atom is -0.493 e. The van der Waals surface area contributed by atoms with E-state index < -0.39 is 0 Å². The number of anilines is 1. The summed E-state index contributed by atoms with van der Waals surface area (Å²) in [6.45, 7) is 0.149. The van der Waals surface area contributed by atoms with Crippen LogP contribution in [-0.2, 0) is 11.2 Å². The first-order chi connectivity index (χ1) is 10.6. The Labute approximate surface area is 130 Å². The van der Waals surface area contributed by atoms with E-state index in [9.17, 15) is 4.79 Å². The van der Waals surface area contributed by atoms with Crippen molar-refractivity contribution in [1.29, 1.82) is 0 Å². The first-order valence-corrected chi connectivity index (χ1v) is 7.07. The minimum atomic E-state index is -0.141. The Morgan fingerprint density at radius 1 is 1.14 bits per heavy atom. The quantitative estimate of drug-likeness (QED) is 0.556. The first-order valence-electron chi connectivity index (χ1n) is 7.07. The summed E-state index contributed by atoms with van der Waals surface area (Å²) in [5.41, 5.74) is 7.28. The number of hydrogen-bond acceptors (Lipinski definition) is 6. The summed E-state index contributed by atoms with van der Waals surface area (Å²) in [7, 11) is 3.06. The van der Waals surface area contributed by atoms with Crippen molar-refractivity contribution >= 4 is 11.6 Å². The molecule has 7 heteroatoms. The molecule has 0 spiro atoms. The summed E-state index contributed by atoms with van der Waals surface area (Å²) in [5.74, 6) is 0.955. The van der Waals surface area contributed by atoms with E-state index in [1.54, 1.807) is 12.1 Å². The number of amides is 1. The summed E-state index contributed by atoms with van der Waals surface area (Å²) >= 11 is 0. The van der Waals surface area contributed by atoms with Gasteiger partial charge in [0.2, 0.25) is 5.91 Å². The van der Waals surface area contributed by atoms with Crippen LogP contribution >= 0.6 is 0 Å². The predicted molar refractivity (Wildman–Crippen MR) is 83.0 cm³/mol. The van der Waals surface area contributed by atoms with Gasteiger partial charge in [0, 0.05) is 31.3 Å². The van der Waals surface area contributed by atoms with Crippen LogP contribution in [-0.4, -0.2) is 61.5 Å². The molecule has 22 heavy (non-hydrogen) atoms. The monoisotopic (exact) mass is 312 g/mol. The molecule has 0 radical (unpaired) electrons. The number of ether oxygens (including phenoxy) is 2. The van der Waals surface area contributed by atoms with Gasteiger partial charge in [-0.3, -0.25) is 4.79 Å². The molecule has 0 atom stereocenters. The molecular weight excluding hydrogens is 288 g/mol. The fraction of sp³-hybridized carbons (Fsp3) is 0.533. The lowest BCUT2D eigenvalue weighted by Gasteiger charge is -2.21. The number of carbonyl (C=O) groups excluding carboxylic acids is 1. The van der Waals surface area contributed by atoms with E-state index in [1.165, 1.54) is 19.1 Å². The van der Waals surface area contributed by atoms with Crippen molar-refractivity contribution in [3.63, 3.8) is 0 Å². The van der Waals surface area contributed by atoms with Crippen molar-refractivity contribution in [2.45, 2.75) is 12.8 Å². The zero-order valence-electron chi connectivity index (χ0n) is 13.0. The van der Waals surface area contributed by atoms with Gasteiger partial charge in [-0.25, -0.2) is 0 Å². The fourth-order valence-corrected chi connectivity index (χ4v) is 2.16. The molecule has 1 aromatic carbocycles. The van der Waals surface area contributed by atoms with Gasteiger partial charge in [0.1, 0.15) is 0 Å². The molecule has 0 aliphatic heterocycles. The van der Waals surface area contributed by atoms with Crippen LogP contribution in [0.15, 0.2) is 12.1 Å². The van der Waals surface area contributed by atoms with Crippen LogP contribution in [0.25, 0.3) is 0 Å². The highest BCUT2D eigenvalue weighted by molar-refractivity contribution is 5.77. The zero-order chi connectivity index (χ0) is 16.5. The Bertz CT molecular complexity index is 487. The number of aryl methyl sites for hydroxylation is 1. The Hall–Kier alpha value is -1.99. The molecule has 1 amide bonds. The van der Waals surface area contributed by atoms with Gasteiger partial charge < -0.3 is 30.3 Å². The van der Waals surface area contributed by atoms with Crippen LogP contribution < -0.4 is 15.2 Å². The number of aliphatic hydroxyl groups excluding tert-OH is 2. The average molecular weight is 312 g/mol. The van der Waals surface area contributed by atoms with E-state index in [1.807, 2.05) is 0 Å². The van der Waals surface area contributed by atoms with Crippen molar-refractivity contribution in [3.05, 3.63) is 17.7 Å². The molecule has 0 aliphatic rings. The lowest BCUT2D eigenvalue weighted by molar-refractivity contribution is -0.132. The van der Waals surface area contributed by atoms with E-state index >= 15 is 0 Å². The summed E-state index contributed by atoms with van der Waals surface area (Å²) in [5, 5.41) is 17.9. The predicted octanol–water partition coefficient (Wildman–Crippen LogP) is 0.0318. The van der Waals surface area contributed by atoms with Crippen LogP contribution in [0.4, 0.5) is 5.69 Å². The van der Waals surface area contributed by atoms with Crippen molar-refractivity contribution in [1.82, 2.24) is 4.90 Å². The van der Waals surface area contributed by atoms with Gasteiger partial charge in [0.15, 0.2) is 11.5 Å². The maximum absolute atomic E-state index is 12.1. The van der Waals surface area contributed by atoms with Gasteiger partial charge in [-0.1, -0.05) is 0 Å². The van der Waals surface area contributed by atoms with Crippen LogP contribution in [0.2, 0.25) is 0 Å². The molecule has 0 saturated heterocycles. The number of methoxy groups -OCH3 is 2.